The first-order chi connectivity index (χ1) is 2.77. The van der Waals surface area contributed by atoms with Crippen LogP contribution in [0.1, 0.15) is 0 Å². The summed E-state index contributed by atoms with van der Waals surface area (Å²) in [6.07, 6.45) is -1.37. The van der Waals surface area contributed by atoms with Crippen LogP contribution in [0.2, 0.25) is 0 Å². The lowest BCUT2D eigenvalue weighted by atomic mass is 11.3. The van der Waals surface area contributed by atoms with Crippen molar-refractivity contribution in [3.63, 3.8) is 0 Å². The molecule has 0 radical (unpaired) electrons. The highest BCUT2D eigenvalue weighted by molar-refractivity contribution is 7.95. The van der Waals surface area contributed by atoms with Crippen LogP contribution in [0, 0.1) is 0 Å². The van der Waals surface area contributed by atoms with E-state index >= 15 is 0 Å². The first-order valence-electron chi connectivity index (χ1n) is 1.10. The highest BCUT2D eigenvalue weighted by atomic mass is 32.2. The first-order valence-corrected chi connectivity index (χ1v) is 1.98. The number of rotatable bonds is 1. The quantitative estimate of drug-likeness (QED) is 0.397. The Morgan fingerprint density at radius 3 is 2.50 bits per heavy atom. The number of carbonyl (C=O) groups excluding carboxylic acids is 1. The minimum Gasteiger partial charge on any atom is -0.529 e. The van der Waals surface area contributed by atoms with Gasteiger partial charge in [0.05, 0.1) is 0 Å². The fourth-order valence-corrected chi connectivity index (χ4v) is 0.144. The summed E-state index contributed by atoms with van der Waals surface area (Å²) in [4.78, 5) is 9.28. The van der Waals surface area contributed by atoms with E-state index in [2.05, 4.69) is 5.14 Å². The van der Waals surface area contributed by atoms with Gasteiger partial charge in [-0.3, -0.25) is 5.14 Å². The van der Waals surface area contributed by atoms with Gasteiger partial charge in [0.15, 0.2) is 0 Å². The monoisotopic (exact) mass is 107 g/mol. The van der Waals surface area contributed by atoms with E-state index in [0.29, 0.717) is 12.1 Å². The van der Waals surface area contributed by atoms with Gasteiger partial charge in [0, 0.05) is 12.1 Å². The van der Waals surface area contributed by atoms with Gasteiger partial charge in [-0.1, -0.05) is 0 Å². The van der Waals surface area contributed by atoms with Crippen LogP contribution >= 0.6 is 12.1 Å². The highest BCUT2D eigenvalue weighted by Gasteiger charge is 1.70. The molecule has 0 spiro atoms. The molecule has 0 aromatic rings. The molecule has 0 aliphatic heterocycles. The predicted octanol–water partition coefficient (Wildman–Crippen LogP) is -1.56. The second kappa shape index (κ2) is 2.80. The summed E-state index contributed by atoms with van der Waals surface area (Å²) < 4.78 is 1.71. The molecule has 0 atom stereocenters. The molecule has 0 fully saturated rings. The van der Waals surface area contributed by atoms with Crippen LogP contribution in [0.15, 0.2) is 0 Å². The van der Waals surface area contributed by atoms with Gasteiger partial charge >= 0.3 is 0 Å². The predicted molar refractivity (Wildman–Crippen MR) is 20.3 cm³/mol. The lowest BCUT2D eigenvalue weighted by Crippen LogP contribution is -2.32. The molecule has 0 unspecified atom stereocenters. The molecule has 0 aliphatic carbocycles. The molecule has 0 saturated carbocycles. The topological polar surface area (TPSA) is 78.2 Å². The van der Waals surface area contributed by atoms with Crippen molar-refractivity contribution < 1.29 is 9.90 Å². The Kier molecular flexibility index (Phi) is 2.60. The number of hydrogen-bond donors (Lipinski definition) is 2. The molecule has 0 heterocycles. The summed E-state index contributed by atoms with van der Waals surface area (Å²) in [5, 5.41) is 13.9. The maximum absolute atomic E-state index is 9.28. The maximum Gasteiger partial charge on any atom is 0.145 e. The molecule has 0 rings (SSSR count). The smallest absolute Gasteiger partial charge is 0.145 e. The van der Waals surface area contributed by atoms with Crippen molar-refractivity contribution in [2.24, 2.45) is 5.14 Å². The third-order valence-electron chi connectivity index (χ3n) is 0.142. The zero-order valence-electron chi connectivity index (χ0n) is 2.80. The van der Waals surface area contributed by atoms with E-state index in [-0.39, 0.29) is 0 Å². The van der Waals surface area contributed by atoms with Gasteiger partial charge in [-0.05, 0) is 0 Å². The fraction of sp³-hybridized carbons (Fsp3) is 0. The number of amides is 1. The average Bonchev–Trinajstić information content (AvgIpc) is 1.35. The van der Waals surface area contributed by atoms with E-state index < -0.39 is 6.09 Å². The molecule has 3 N–H and O–H groups in total. The maximum atomic E-state index is 9.28. The lowest BCUT2D eigenvalue weighted by Gasteiger charge is -1.96. The normalized spacial score (nSPS) is 7.50. The van der Waals surface area contributed by atoms with E-state index in [9.17, 15) is 9.90 Å². The third-order valence-corrected chi connectivity index (χ3v) is 0.427. The Bertz CT molecular complexity index is 55.5. The molecule has 36 valence electrons. The van der Waals surface area contributed by atoms with Crippen LogP contribution < -0.4 is 15.0 Å². The number of hydrogen-bond acceptors (Lipinski definition) is 4. The average molecular weight is 107 g/mol. The summed E-state index contributed by atoms with van der Waals surface area (Å²) in [5.41, 5.74) is 0. The van der Waals surface area contributed by atoms with Crippen LogP contribution in [0.25, 0.3) is 0 Å². The number of nitrogens with one attached hydrogen (secondary N) is 1. The minimum atomic E-state index is -1.37. The van der Waals surface area contributed by atoms with E-state index in [0.717, 1.165) is 0 Å². The number of carboxylic acid groups (broad SMARTS) is 1. The Balaban J connectivity index is 2.83. The van der Waals surface area contributed by atoms with Crippen LogP contribution in [-0.4, -0.2) is 6.09 Å². The number of nitrogens with two attached hydrogens (primary N) is 1. The Hall–Kier alpha value is -0.420. The Labute approximate surface area is 39.0 Å². The summed E-state index contributed by atoms with van der Waals surface area (Å²) >= 11 is 0.498. The molecule has 1 amide bonds. The van der Waals surface area contributed by atoms with Gasteiger partial charge in [-0.25, -0.2) is 0 Å². The van der Waals surface area contributed by atoms with Gasteiger partial charge in [-0.15, -0.1) is 0 Å². The summed E-state index contributed by atoms with van der Waals surface area (Å²) in [5.74, 6) is 0. The molecule has 0 saturated heterocycles. The van der Waals surface area contributed by atoms with Gasteiger partial charge in [0.2, 0.25) is 0 Å². The van der Waals surface area contributed by atoms with Crippen LogP contribution in [0.4, 0.5) is 4.79 Å². The molecule has 5 heteroatoms. The zero-order valence-corrected chi connectivity index (χ0v) is 3.62. The lowest BCUT2D eigenvalue weighted by molar-refractivity contribution is -0.247. The van der Waals surface area contributed by atoms with E-state index in [4.69, 9.17) is 0 Å². The van der Waals surface area contributed by atoms with E-state index in [1.807, 2.05) is 0 Å². The summed E-state index contributed by atoms with van der Waals surface area (Å²) in [6, 6.07) is 0. The van der Waals surface area contributed by atoms with Crippen molar-refractivity contribution in [1.29, 1.82) is 0 Å². The molecule has 0 aromatic heterocycles. The molecule has 0 bridgehead atoms. The first kappa shape index (κ1) is 5.58. The van der Waals surface area contributed by atoms with Crippen molar-refractivity contribution in [1.82, 2.24) is 4.72 Å². The van der Waals surface area contributed by atoms with Crippen molar-refractivity contribution in [2.45, 2.75) is 0 Å². The van der Waals surface area contributed by atoms with E-state index in [1.165, 1.54) is 0 Å². The number of carbonyl (C=O) groups is 1. The molecular formula is CH3N2O2S-. The summed E-state index contributed by atoms with van der Waals surface area (Å²) in [6.45, 7) is 0. The SMILES string of the molecule is NSNC(=O)[O-]. The van der Waals surface area contributed by atoms with Crippen molar-refractivity contribution in [2.75, 3.05) is 0 Å². The van der Waals surface area contributed by atoms with Gasteiger partial charge < -0.3 is 14.6 Å². The summed E-state index contributed by atoms with van der Waals surface area (Å²) in [7, 11) is 0. The Morgan fingerprint density at radius 2 is 2.50 bits per heavy atom. The molecule has 0 aromatic carbocycles. The second-order valence-corrected chi connectivity index (χ2v) is 0.947. The molecule has 6 heavy (non-hydrogen) atoms. The van der Waals surface area contributed by atoms with E-state index in [1.54, 1.807) is 4.72 Å². The van der Waals surface area contributed by atoms with Gasteiger partial charge in [0.1, 0.15) is 6.09 Å². The van der Waals surface area contributed by atoms with Crippen LogP contribution in [0.5, 0.6) is 0 Å². The van der Waals surface area contributed by atoms with Crippen LogP contribution in [-0.2, 0) is 0 Å². The molecule has 4 nitrogen and oxygen atoms in total. The zero-order chi connectivity index (χ0) is 4.99. The fourth-order valence-electron chi connectivity index (χ4n) is 0.0481. The van der Waals surface area contributed by atoms with Crippen molar-refractivity contribution in [3.05, 3.63) is 0 Å². The van der Waals surface area contributed by atoms with Crippen molar-refractivity contribution in [3.8, 4) is 0 Å². The molecular weight excluding hydrogens is 104 g/mol. The highest BCUT2D eigenvalue weighted by Crippen LogP contribution is 1.67. The van der Waals surface area contributed by atoms with Crippen molar-refractivity contribution >= 4 is 18.2 Å². The third kappa shape index (κ3) is 3.58. The van der Waals surface area contributed by atoms with Gasteiger partial charge in [-0.2, -0.15) is 0 Å². The minimum absolute atomic E-state index is 0.498. The standard InChI is InChI=1S/CH4N2O2S/c2-6-3-1(4)5/h3H,2H2,(H,4,5)/p-1. The Morgan fingerprint density at radius 1 is 2.00 bits per heavy atom. The largest absolute Gasteiger partial charge is 0.529 e. The van der Waals surface area contributed by atoms with Crippen LogP contribution in [0.3, 0.4) is 0 Å². The van der Waals surface area contributed by atoms with Gasteiger partial charge in [0.25, 0.3) is 0 Å². The molecule has 0 aliphatic rings. The second-order valence-electron chi connectivity index (χ2n) is 0.507.